The van der Waals surface area contributed by atoms with Crippen LogP contribution in [0.15, 0.2) is 28.7 Å². The van der Waals surface area contributed by atoms with E-state index in [2.05, 4.69) is 15.9 Å². The molecule has 0 heterocycles. The molecule has 0 aliphatic carbocycles. The Morgan fingerprint density at radius 1 is 1.26 bits per heavy atom. The van der Waals surface area contributed by atoms with Crippen LogP contribution in [0.1, 0.15) is 38.7 Å². The SMILES string of the molecule is CC(N)CCCC(C)C(=O)OCc1ccc(Br)cc1. The number of benzene rings is 1. The van der Waals surface area contributed by atoms with Crippen molar-refractivity contribution in [2.45, 2.75) is 45.8 Å². The minimum Gasteiger partial charge on any atom is -0.461 e. The lowest BCUT2D eigenvalue weighted by Crippen LogP contribution is -2.17. The van der Waals surface area contributed by atoms with Gasteiger partial charge in [-0.15, -0.1) is 0 Å². The van der Waals surface area contributed by atoms with Gasteiger partial charge in [-0.1, -0.05) is 41.4 Å². The number of halogens is 1. The molecule has 1 aromatic rings. The van der Waals surface area contributed by atoms with Gasteiger partial charge in [0.1, 0.15) is 6.61 Å². The largest absolute Gasteiger partial charge is 0.461 e. The highest BCUT2D eigenvalue weighted by molar-refractivity contribution is 9.10. The molecule has 0 spiro atoms. The van der Waals surface area contributed by atoms with Crippen LogP contribution in [0, 0.1) is 5.92 Å². The number of carbonyl (C=O) groups is 1. The Labute approximate surface area is 123 Å². The van der Waals surface area contributed by atoms with Gasteiger partial charge in [-0.05, 0) is 37.5 Å². The molecule has 2 N–H and O–H groups in total. The fraction of sp³-hybridized carbons (Fsp3) is 0.533. The van der Waals surface area contributed by atoms with E-state index in [9.17, 15) is 4.79 Å². The second-order valence-electron chi connectivity index (χ2n) is 5.04. The summed E-state index contributed by atoms with van der Waals surface area (Å²) in [6.07, 6.45) is 2.75. The van der Waals surface area contributed by atoms with E-state index in [0.29, 0.717) is 6.61 Å². The lowest BCUT2D eigenvalue weighted by atomic mass is 10.0. The van der Waals surface area contributed by atoms with Gasteiger partial charge in [-0.3, -0.25) is 4.79 Å². The number of hydrogen-bond acceptors (Lipinski definition) is 3. The van der Waals surface area contributed by atoms with E-state index in [-0.39, 0.29) is 17.9 Å². The summed E-state index contributed by atoms with van der Waals surface area (Å²) in [7, 11) is 0. The van der Waals surface area contributed by atoms with Crippen molar-refractivity contribution in [2.24, 2.45) is 11.7 Å². The smallest absolute Gasteiger partial charge is 0.308 e. The minimum atomic E-state index is -0.132. The Bertz CT molecular complexity index is 390. The first-order valence-electron chi connectivity index (χ1n) is 6.65. The molecule has 0 aliphatic heterocycles. The van der Waals surface area contributed by atoms with Crippen LogP contribution in [0.5, 0.6) is 0 Å². The van der Waals surface area contributed by atoms with Crippen LogP contribution >= 0.6 is 15.9 Å². The number of rotatable bonds is 7. The summed E-state index contributed by atoms with van der Waals surface area (Å²) >= 11 is 3.37. The third-order valence-corrected chi connectivity index (χ3v) is 3.52. The highest BCUT2D eigenvalue weighted by Crippen LogP contribution is 2.14. The van der Waals surface area contributed by atoms with Gasteiger partial charge in [0.2, 0.25) is 0 Å². The van der Waals surface area contributed by atoms with E-state index >= 15 is 0 Å². The van der Waals surface area contributed by atoms with E-state index < -0.39 is 0 Å². The quantitative estimate of drug-likeness (QED) is 0.778. The molecule has 0 aromatic heterocycles. The first-order valence-corrected chi connectivity index (χ1v) is 7.45. The molecule has 0 saturated carbocycles. The summed E-state index contributed by atoms with van der Waals surface area (Å²) in [4.78, 5) is 11.8. The van der Waals surface area contributed by atoms with Crippen molar-refractivity contribution in [3.05, 3.63) is 34.3 Å². The van der Waals surface area contributed by atoms with Crippen molar-refractivity contribution < 1.29 is 9.53 Å². The van der Waals surface area contributed by atoms with Gasteiger partial charge >= 0.3 is 5.97 Å². The highest BCUT2D eigenvalue weighted by Gasteiger charge is 2.14. The van der Waals surface area contributed by atoms with Crippen molar-refractivity contribution in [3.8, 4) is 0 Å². The monoisotopic (exact) mass is 327 g/mol. The average Bonchev–Trinajstić information content (AvgIpc) is 2.37. The Morgan fingerprint density at radius 3 is 2.47 bits per heavy atom. The minimum absolute atomic E-state index is 0.0609. The normalized spacial score (nSPS) is 13.9. The van der Waals surface area contributed by atoms with Gasteiger partial charge in [-0.25, -0.2) is 0 Å². The molecule has 0 radical (unpaired) electrons. The zero-order chi connectivity index (χ0) is 14.3. The van der Waals surface area contributed by atoms with Crippen molar-refractivity contribution >= 4 is 21.9 Å². The first-order chi connectivity index (χ1) is 8.99. The maximum atomic E-state index is 11.8. The molecule has 0 amide bonds. The molecule has 0 bridgehead atoms. The number of ether oxygens (including phenoxy) is 1. The van der Waals surface area contributed by atoms with Gasteiger partial charge in [0, 0.05) is 10.5 Å². The van der Waals surface area contributed by atoms with Crippen molar-refractivity contribution in [3.63, 3.8) is 0 Å². The highest BCUT2D eigenvalue weighted by atomic mass is 79.9. The van der Waals surface area contributed by atoms with Gasteiger partial charge in [0.05, 0.1) is 5.92 Å². The van der Waals surface area contributed by atoms with Crippen LogP contribution in [-0.2, 0) is 16.1 Å². The van der Waals surface area contributed by atoms with Crippen LogP contribution in [0.25, 0.3) is 0 Å². The predicted octanol–water partition coefficient (Wildman–Crippen LogP) is 3.65. The fourth-order valence-corrected chi connectivity index (χ4v) is 2.01. The molecule has 106 valence electrons. The molecular weight excluding hydrogens is 306 g/mol. The molecule has 2 atom stereocenters. The topological polar surface area (TPSA) is 52.3 Å². The number of hydrogen-bond donors (Lipinski definition) is 1. The maximum absolute atomic E-state index is 11.8. The summed E-state index contributed by atoms with van der Waals surface area (Å²) in [5, 5.41) is 0. The van der Waals surface area contributed by atoms with Crippen LogP contribution in [0.3, 0.4) is 0 Å². The van der Waals surface area contributed by atoms with Gasteiger partial charge < -0.3 is 10.5 Å². The molecule has 19 heavy (non-hydrogen) atoms. The zero-order valence-corrected chi connectivity index (χ0v) is 13.2. The van der Waals surface area contributed by atoms with E-state index in [1.54, 1.807) is 0 Å². The maximum Gasteiger partial charge on any atom is 0.308 e. The third-order valence-electron chi connectivity index (χ3n) is 2.99. The lowest BCUT2D eigenvalue weighted by Gasteiger charge is -2.12. The summed E-state index contributed by atoms with van der Waals surface area (Å²) in [6.45, 7) is 4.23. The standard InChI is InChI=1S/C15H22BrNO2/c1-11(4-3-5-12(2)17)15(18)19-10-13-6-8-14(16)9-7-13/h6-9,11-12H,3-5,10,17H2,1-2H3. The molecule has 3 nitrogen and oxygen atoms in total. The second-order valence-corrected chi connectivity index (χ2v) is 5.96. The van der Waals surface area contributed by atoms with Crippen molar-refractivity contribution in [1.29, 1.82) is 0 Å². The number of carbonyl (C=O) groups excluding carboxylic acids is 1. The molecule has 2 unspecified atom stereocenters. The number of nitrogens with two attached hydrogens (primary N) is 1. The molecule has 1 rings (SSSR count). The van der Waals surface area contributed by atoms with Crippen LogP contribution in [0.2, 0.25) is 0 Å². The fourth-order valence-electron chi connectivity index (χ4n) is 1.74. The van der Waals surface area contributed by atoms with Gasteiger partial charge in [0.25, 0.3) is 0 Å². The van der Waals surface area contributed by atoms with E-state index in [1.165, 1.54) is 0 Å². The third kappa shape index (κ3) is 6.73. The van der Waals surface area contributed by atoms with E-state index in [0.717, 1.165) is 29.3 Å². The van der Waals surface area contributed by atoms with E-state index in [1.807, 2.05) is 38.1 Å². The Kier molecular flexibility index (Phi) is 7.10. The molecule has 0 saturated heterocycles. The second kappa shape index (κ2) is 8.33. The van der Waals surface area contributed by atoms with Crippen molar-refractivity contribution in [1.82, 2.24) is 0 Å². The van der Waals surface area contributed by atoms with Crippen LogP contribution in [-0.4, -0.2) is 12.0 Å². The van der Waals surface area contributed by atoms with Gasteiger partial charge in [-0.2, -0.15) is 0 Å². The molecule has 4 heteroatoms. The summed E-state index contributed by atoms with van der Waals surface area (Å²) in [5.74, 6) is -0.193. The number of esters is 1. The average molecular weight is 328 g/mol. The predicted molar refractivity (Wildman–Crippen MR) is 80.6 cm³/mol. The summed E-state index contributed by atoms with van der Waals surface area (Å²) in [6, 6.07) is 7.96. The lowest BCUT2D eigenvalue weighted by molar-refractivity contribution is -0.149. The Balaban J connectivity index is 2.28. The van der Waals surface area contributed by atoms with E-state index in [4.69, 9.17) is 10.5 Å². The first kappa shape index (κ1) is 16.2. The molecule has 0 aliphatic rings. The Morgan fingerprint density at radius 2 is 1.89 bits per heavy atom. The zero-order valence-electron chi connectivity index (χ0n) is 11.6. The molecule has 0 fully saturated rings. The molecule has 1 aromatic carbocycles. The summed E-state index contributed by atoms with van der Waals surface area (Å²) in [5.41, 5.74) is 6.68. The van der Waals surface area contributed by atoms with Crippen molar-refractivity contribution in [2.75, 3.05) is 0 Å². The van der Waals surface area contributed by atoms with Crippen LogP contribution < -0.4 is 5.73 Å². The molecular formula is C15H22BrNO2. The van der Waals surface area contributed by atoms with Crippen LogP contribution in [0.4, 0.5) is 0 Å². The van der Waals surface area contributed by atoms with Gasteiger partial charge in [0.15, 0.2) is 0 Å². The summed E-state index contributed by atoms with van der Waals surface area (Å²) < 4.78 is 6.32. The Hall–Kier alpha value is -0.870.